The number of piperidine rings is 2. The summed E-state index contributed by atoms with van der Waals surface area (Å²) < 4.78 is 0. The van der Waals surface area contributed by atoms with Crippen molar-refractivity contribution in [3.8, 4) is 0 Å². The van der Waals surface area contributed by atoms with Crippen LogP contribution in [0.15, 0.2) is 18.2 Å². The lowest BCUT2D eigenvalue weighted by Crippen LogP contribution is -2.27. The Hall–Kier alpha value is 0.300. The van der Waals surface area contributed by atoms with Gasteiger partial charge in [0.05, 0.1) is 10.0 Å². The van der Waals surface area contributed by atoms with E-state index in [1.165, 1.54) is 70.4 Å². The molecule has 4 unspecified atom stereocenters. The van der Waals surface area contributed by atoms with Gasteiger partial charge in [-0.05, 0) is 62.4 Å². The smallest absolute Gasteiger partial charge is 0.0595 e. The lowest BCUT2D eigenvalue weighted by Gasteiger charge is -2.21. The largest absolute Gasteiger partial charge is 0.302 e. The maximum Gasteiger partial charge on any atom is 0.0595 e. The Morgan fingerprint density at radius 2 is 1.96 bits per heavy atom. The molecule has 148 valence electrons. The molecule has 5 rings (SSSR count). The minimum absolute atomic E-state index is 0. The maximum atomic E-state index is 6.15. The summed E-state index contributed by atoms with van der Waals surface area (Å²) in [6.45, 7) is 8.78. The van der Waals surface area contributed by atoms with Crippen molar-refractivity contribution in [2.24, 2.45) is 5.92 Å². The minimum Gasteiger partial charge on any atom is -0.302 e. The van der Waals surface area contributed by atoms with Crippen molar-refractivity contribution in [2.75, 3.05) is 32.7 Å². The van der Waals surface area contributed by atoms with Crippen LogP contribution < -0.4 is 0 Å². The van der Waals surface area contributed by atoms with E-state index in [0.717, 1.165) is 12.0 Å². The van der Waals surface area contributed by atoms with E-state index in [2.05, 4.69) is 28.9 Å². The SMILES string of the molecule is C1CC2CN2C1.CCCCN1CC2CC2(c2ccc(Cl)c(Cl)c2)C1.Cl.Cl. The van der Waals surface area contributed by atoms with Gasteiger partial charge in [0.2, 0.25) is 0 Å². The van der Waals surface area contributed by atoms with Crippen LogP contribution in [-0.4, -0.2) is 48.6 Å². The Morgan fingerprint density at radius 3 is 2.50 bits per heavy atom. The van der Waals surface area contributed by atoms with E-state index in [1.54, 1.807) is 0 Å². The van der Waals surface area contributed by atoms with Crippen LogP contribution in [0, 0.1) is 5.92 Å². The molecule has 1 saturated carbocycles. The van der Waals surface area contributed by atoms with Gasteiger partial charge in [0.1, 0.15) is 0 Å². The first-order valence-corrected chi connectivity index (χ1v) is 10.3. The molecule has 6 heteroatoms. The van der Waals surface area contributed by atoms with Crippen LogP contribution in [0.4, 0.5) is 0 Å². The molecule has 2 nitrogen and oxygen atoms in total. The molecule has 0 aromatic heterocycles. The summed E-state index contributed by atoms with van der Waals surface area (Å²) in [6, 6.07) is 7.23. The second-order valence-electron chi connectivity index (χ2n) is 8.07. The normalized spacial score (nSPS) is 33.1. The van der Waals surface area contributed by atoms with Crippen molar-refractivity contribution < 1.29 is 0 Å². The molecular formula is C20H30Cl4N2. The van der Waals surface area contributed by atoms with Gasteiger partial charge in [-0.1, -0.05) is 42.6 Å². The van der Waals surface area contributed by atoms with E-state index in [9.17, 15) is 0 Å². The lowest BCUT2D eigenvalue weighted by atomic mass is 9.95. The van der Waals surface area contributed by atoms with Gasteiger partial charge in [0, 0.05) is 31.1 Å². The number of likely N-dealkylation sites (tertiary alicyclic amines) is 1. The maximum absolute atomic E-state index is 6.15. The summed E-state index contributed by atoms with van der Waals surface area (Å²) in [4.78, 5) is 5.14. The van der Waals surface area contributed by atoms with Crippen molar-refractivity contribution in [3.05, 3.63) is 33.8 Å². The number of benzene rings is 1. The topological polar surface area (TPSA) is 6.25 Å². The first-order valence-electron chi connectivity index (χ1n) is 9.54. The van der Waals surface area contributed by atoms with Gasteiger partial charge in [0.15, 0.2) is 0 Å². The molecule has 0 N–H and O–H groups in total. The monoisotopic (exact) mass is 438 g/mol. The number of fused-ring (bicyclic) bond motifs is 2. The second-order valence-corrected chi connectivity index (χ2v) is 8.88. The molecule has 3 aliphatic heterocycles. The molecule has 0 radical (unpaired) electrons. The molecule has 4 atom stereocenters. The summed E-state index contributed by atoms with van der Waals surface area (Å²) in [6.07, 6.45) is 6.86. The van der Waals surface area contributed by atoms with Crippen molar-refractivity contribution in [2.45, 2.75) is 50.5 Å². The van der Waals surface area contributed by atoms with Crippen LogP contribution in [-0.2, 0) is 5.41 Å². The van der Waals surface area contributed by atoms with E-state index < -0.39 is 0 Å². The van der Waals surface area contributed by atoms with E-state index in [1.807, 2.05) is 6.07 Å². The number of halogens is 4. The van der Waals surface area contributed by atoms with Gasteiger partial charge in [-0.2, -0.15) is 0 Å². The Balaban J connectivity index is 0.000000256. The third-order valence-corrected chi connectivity index (χ3v) is 7.09. The Morgan fingerprint density at radius 1 is 1.15 bits per heavy atom. The molecule has 0 bridgehead atoms. The van der Waals surface area contributed by atoms with Crippen LogP contribution in [0.25, 0.3) is 0 Å². The predicted molar refractivity (Wildman–Crippen MR) is 117 cm³/mol. The number of unbranched alkanes of at least 4 members (excludes halogenated alkanes) is 1. The molecule has 1 aromatic rings. The van der Waals surface area contributed by atoms with Crippen LogP contribution in [0.1, 0.15) is 44.6 Å². The third kappa shape index (κ3) is 4.64. The molecule has 0 spiro atoms. The molecule has 3 heterocycles. The molecule has 1 aromatic carbocycles. The molecular weight excluding hydrogens is 410 g/mol. The van der Waals surface area contributed by atoms with E-state index in [0.29, 0.717) is 15.5 Å². The van der Waals surface area contributed by atoms with Crippen molar-refractivity contribution in [3.63, 3.8) is 0 Å². The molecule has 4 fully saturated rings. The zero-order valence-corrected chi connectivity index (χ0v) is 18.6. The molecule has 4 aliphatic rings. The highest BCUT2D eigenvalue weighted by atomic mass is 35.5. The summed E-state index contributed by atoms with van der Waals surface area (Å²) in [5, 5.41) is 1.36. The molecule has 26 heavy (non-hydrogen) atoms. The average Bonchev–Trinajstić information content (AvgIpc) is 3.40. The number of hydrogen-bond acceptors (Lipinski definition) is 2. The molecule has 3 saturated heterocycles. The zero-order chi connectivity index (χ0) is 16.7. The van der Waals surface area contributed by atoms with Crippen molar-refractivity contribution >= 4 is 48.0 Å². The van der Waals surface area contributed by atoms with E-state index >= 15 is 0 Å². The quantitative estimate of drug-likeness (QED) is 0.557. The summed E-state index contributed by atoms with van der Waals surface area (Å²) in [5.74, 6) is 0.839. The highest BCUT2D eigenvalue weighted by Gasteiger charge is 2.60. The first kappa shape index (κ1) is 22.6. The fraction of sp³-hybridized carbons (Fsp3) is 0.700. The molecule has 1 aliphatic carbocycles. The van der Waals surface area contributed by atoms with Crippen LogP contribution >= 0.6 is 48.0 Å². The van der Waals surface area contributed by atoms with E-state index in [4.69, 9.17) is 23.2 Å². The Bertz CT molecular complexity index is 603. The van der Waals surface area contributed by atoms with Crippen molar-refractivity contribution in [1.29, 1.82) is 0 Å². The number of hydrogen-bond donors (Lipinski definition) is 0. The third-order valence-electron chi connectivity index (χ3n) is 6.35. The molecule has 0 amide bonds. The Labute approximate surface area is 180 Å². The summed E-state index contributed by atoms with van der Waals surface area (Å²) >= 11 is 12.1. The lowest BCUT2D eigenvalue weighted by molar-refractivity contribution is 0.293. The highest BCUT2D eigenvalue weighted by molar-refractivity contribution is 6.42. The van der Waals surface area contributed by atoms with Crippen LogP contribution in [0.5, 0.6) is 0 Å². The van der Waals surface area contributed by atoms with Crippen LogP contribution in [0.3, 0.4) is 0 Å². The van der Waals surface area contributed by atoms with Gasteiger partial charge < -0.3 is 4.90 Å². The van der Waals surface area contributed by atoms with Gasteiger partial charge in [0.25, 0.3) is 0 Å². The fourth-order valence-electron chi connectivity index (χ4n) is 4.69. The standard InChI is InChI=1S/C15H19Cl2N.C5H9N.2ClH/c1-2-3-6-18-9-12-8-15(12,10-18)11-4-5-13(16)14(17)7-11;1-2-5-4-6(5)3-1;;/h4-5,7,12H,2-3,6,8-10H2,1H3;5H,1-4H2;2*1H. The average molecular weight is 440 g/mol. The van der Waals surface area contributed by atoms with Gasteiger partial charge in [-0.25, -0.2) is 0 Å². The zero-order valence-electron chi connectivity index (χ0n) is 15.4. The number of nitrogens with zero attached hydrogens (tertiary/aromatic N) is 2. The second kappa shape index (κ2) is 9.20. The van der Waals surface area contributed by atoms with Gasteiger partial charge in [-0.3, -0.25) is 4.90 Å². The van der Waals surface area contributed by atoms with Crippen molar-refractivity contribution in [1.82, 2.24) is 9.80 Å². The first-order chi connectivity index (χ1) is 11.6. The van der Waals surface area contributed by atoms with Crippen LogP contribution in [0.2, 0.25) is 10.0 Å². The van der Waals surface area contributed by atoms with Gasteiger partial charge >= 0.3 is 0 Å². The summed E-state index contributed by atoms with van der Waals surface area (Å²) in [5.41, 5.74) is 1.78. The summed E-state index contributed by atoms with van der Waals surface area (Å²) in [7, 11) is 0. The van der Waals surface area contributed by atoms with E-state index in [-0.39, 0.29) is 24.8 Å². The fourth-order valence-corrected chi connectivity index (χ4v) is 4.99. The van der Waals surface area contributed by atoms with Gasteiger partial charge in [-0.15, -0.1) is 24.8 Å². The minimum atomic E-state index is 0. The predicted octanol–water partition coefficient (Wildman–Crippen LogP) is 5.67. The number of rotatable bonds is 4. The highest BCUT2D eigenvalue weighted by Crippen LogP contribution is 2.59. The Kier molecular flexibility index (Phi) is 7.99.